The van der Waals surface area contributed by atoms with Crippen molar-refractivity contribution in [3.63, 3.8) is 0 Å². The number of anilines is 1. The highest BCUT2D eigenvalue weighted by Gasteiger charge is 2.32. The minimum Gasteiger partial charge on any atom is -0.492 e. The zero-order valence-electron chi connectivity index (χ0n) is 17.1. The van der Waals surface area contributed by atoms with Gasteiger partial charge in [-0.3, -0.25) is 9.10 Å². The summed E-state index contributed by atoms with van der Waals surface area (Å²) in [6.45, 7) is 6.03. The topological polar surface area (TPSA) is 75.7 Å². The van der Waals surface area contributed by atoms with Crippen molar-refractivity contribution in [1.82, 2.24) is 5.32 Å². The Bertz CT molecular complexity index is 943. The number of nitrogens with zero attached hydrogens (tertiary/aromatic N) is 1. The van der Waals surface area contributed by atoms with E-state index in [1.807, 2.05) is 32.0 Å². The molecule has 158 valence electrons. The predicted molar refractivity (Wildman–Crippen MR) is 112 cm³/mol. The lowest BCUT2D eigenvalue weighted by atomic mass is 10.1. The Morgan fingerprint density at radius 1 is 1.17 bits per heavy atom. The number of amides is 1. The second-order valence-corrected chi connectivity index (χ2v) is 8.76. The summed E-state index contributed by atoms with van der Waals surface area (Å²) in [4.78, 5) is 12.7. The molecule has 0 saturated heterocycles. The lowest BCUT2D eigenvalue weighted by Crippen LogP contribution is -2.50. The molecule has 6 nitrogen and oxygen atoms in total. The number of hydrogen-bond acceptors (Lipinski definition) is 4. The van der Waals surface area contributed by atoms with Crippen molar-refractivity contribution >= 4 is 21.6 Å². The van der Waals surface area contributed by atoms with Crippen LogP contribution in [-0.4, -0.2) is 39.8 Å². The van der Waals surface area contributed by atoms with Crippen LogP contribution in [0, 0.1) is 19.7 Å². The molecule has 0 radical (unpaired) electrons. The molecule has 0 aromatic heterocycles. The normalized spacial score (nSPS) is 12.3. The van der Waals surface area contributed by atoms with Gasteiger partial charge in [-0.25, -0.2) is 12.8 Å². The zero-order valence-corrected chi connectivity index (χ0v) is 17.9. The molecule has 0 fully saturated rings. The monoisotopic (exact) mass is 422 g/mol. The van der Waals surface area contributed by atoms with Gasteiger partial charge < -0.3 is 10.1 Å². The minimum absolute atomic E-state index is 0.150. The van der Waals surface area contributed by atoms with Crippen LogP contribution in [0.3, 0.4) is 0 Å². The molecule has 0 bridgehead atoms. The molecule has 1 N–H and O–H groups in total. The van der Waals surface area contributed by atoms with Gasteiger partial charge in [-0.15, -0.1) is 0 Å². The second-order valence-electron chi connectivity index (χ2n) is 6.90. The van der Waals surface area contributed by atoms with Crippen LogP contribution >= 0.6 is 0 Å². The van der Waals surface area contributed by atoms with Gasteiger partial charge in [0.2, 0.25) is 15.9 Å². The highest BCUT2D eigenvalue weighted by molar-refractivity contribution is 7.92. The molecular formula is C21H27FN2O4S. The third-order valence-electron chi connectivity index (χ3n) is 4.28. The number of ether oxygens (including phenoxy) is 1. The van der Waals surface area contributed by atoms with Crippen LogP contribution in [0.2, 0.25) is 0 Å². The first-order chi connectivity index (χ1) is 13.6. The van der Waals surface area contributed by atoms with Crippen molar-refractivity contribution in [3.8, 4) is 5.75 Å². The van der Waals surface area contributed by atoms with Crippen molar-refractivity contribution in [2.24, 2.45) is 0 Å². The SMILES string of the molecule is CC[C@H](C(=O)NCCOc1cc(C)cc(C)c1)N(c1ccccc1F)S(C)(=O)=O. The average Bonchev–Trinajstić information content (AvgIpc) is 2.62. The van der Waals surface area contributed by atoms with Gasteiger partial charge in [0.1, 0.15) is 24.2 Å². The van der Waals surface area contributed by atoms with E-state index in [9.17, 15) is 17.6 Å². The van der Waals surface area contributed by atoms with E-state index in [2.05, 4.69) is 5.32 Å². The fourth-order valence-corrected chi connectivity index (χ4v) is 4.36. The van der Waals surface area contributed by atoms with Crippen molar-refractivity contribution in [3.05, 3.63) is 59.4 Å². The van der Waals surface area contributed by atoms with Crippen molar-refractivity contribution < 1.29 is 22.3 Å². The standard InChI is InChI=1S/C21H27FN2O4S/c1-5-19(24(29(4,26)27)20-9-7-6-8-18(20)22)21(25)23-10-11-28-17-13-15(2)12-16(3)14-17/h6-9,12-14,19H,5,10-11H2,1-4H3,(H,23,25)/t19-/m1/s1. The van der Waals surface area contributed by atoms with E-state index < -0.39 is 27.8 Å². The van der Waals surface area contributed by atoms with Gasteiger partial charge in [0.25, 0.3) is 0 Å². The Labute approximate surface area is 171 Å². The Balaban J connectivity index is 2.07. The minimum atomic E-state index is -3.88. The lowest BCUT2D eigenvalue weighted by Gasteiger charge is -2.30. The Hall–Kier alpha value is -2.61. The van der Waals surface area contributed by atoms with Gasteiger partial charge in [0.05, 0.1) is 18.5 Å². The largest absolute Gasteiger partial charge is 0.492 e. The molecule has 0 aliphatic rings. The molecule has 0 spiro atoms. The van der Waals surface area contributed by atoms with Gasteiger partial charge in [-0.1, -0.05) is 25.1 Å². The highest BCUT2D eigenvalue weighted by Crippen LogP contribution is 2.25. The summed E-state index contributed by atoms with van der Waals surface area (Å²) in [5.41, 5.74) is 2.00. The Morgan fingerprint density at radius 3 is 2.34 bits per heavy atom. The summed E-state index contributed by atoms with van der Waals surface area (Å²) in [5, 5.41) is 2.68. The summed E-state index contributed by atoms with van der Waals surface area (Å²) in [7, 11) is -3.88. The molecule has 0 aliphatic carbocycles. The van der Waals surface area contributed by atoms with Crippen LogP contribution in [-0.2, 0) is 14.8 Å². The molecule has 1 atom stereocenters. The van der Waals surface area contributed by atoms with Gasteiger partial charge in [0, 0.05) is 0 Å². The highest BCUT2D eigenvalue weighted by atomic mass is 32.2. The number of hydrogen-bond donors (Lipinski definition) is 1. The van der Waals surface area contributed by atoms with E-state index in [0.717, 1.165) is 27.8 Å². The molecule has 1 amide bonds. The molecule has 0 unspecified atom stereocenters. The molecule has 2 aromatic rings. The zero-order chi connectivity index (χ0) is 21.6. The smallest absolute Gasteiger partial charge is 0.244 e. The predicted octanol–water partition coefficient (Wildman–Crippen LogP) is 3.18. The number of benzene rings is 2. The first-order valence-corrected chi connectivity index (χ1v) is 11.2. The van der Waals surface area contributed by atoms with Gasteiger partial charge >= 0.3 is 0 Å². The number of sulfonamides is 1. The van der Waals surface area contributed by atoms with Gasteiger partial charge in [-0.05, 0) is 55.7 Å². The Morgan fingerprint density at radius 2 is 1.79 bits per heavy atom. The quantitative estimate of drug-likeness (QED) is 0.630. The summed E-state index contributed by atoms with van der Waals surface area (Å²) in [5.74, 6) is -0.513. The van der Waals surface area contributed by atoms with E-state index in [1.165, 1.54) is 18.2 Å². The molecule has 8 heteroatoms. The molecule has 2 rings (SSSR count). The number of para-hydroxylation sites is 1. The van der Waals surface area contributed by atoms with Crippen LogP contribution in [0.25, 0.3) is 0 Å². The van der Waals surface area contributed by atoms with E-state index >= 15 is 0 Å². The average molecular weight is 423 g/mol. The first kappa shape index (κ1) is 22.7. The van der Waals surface area contributed by atoms with Crippen LogP contribution < -0.4 is 14.4 Å². The molecule has 0 saturated carbocycles. The number of aryl methyl sites for hydroxylation is 2. The fraction of sp³-hybridized carbons (Fsp3) is 0.381. The number of carbonyl (C=O) groups is 1. The van der Waals surface area contributed by atoms with E-state index in [1.54, 1.807) is 6.92 Å². The van der Waals surface area contributed by atoms with Crippen LogP contribution in [0.5, 0.6) is 5.75 Å². The van der Waals surface area contributed by atoms with Gasteiger partial charge in [-0.2, -0.15) is 0 Å². The van der Waals surface area contributed by atoms with Crippen molar-refractivity contribution in [2.75, 3.05) is 23.7 Å². The first-order valence-electron chi connectivity index (χ1n) is 9.36. The number of halogens is 1. The maximum absolute atomic E-state index is 14.2. The lowest BCUT2D eigenvalue weighted by molar-refractivity contribution is -0.122. The second kappa shape index (κ2) is 9.73. The number of rotatable bonds is 9. The summed E-state index contributed by atoms with van der Waals surface area (Å²) >= 11 is 0. The van der Waals surface area contributed by atoms with E-state index in [0.29, 0.717) is 5.75 Å². The van der Waals surface area contributed by atoms with Crippen LogP contribution in [0.1, 0.15) is 24.5 Å². The van der Waals surface area contributed by atoms with Crippen LogP contribution in [0.15, 0.2) is 42.5 Å². The molecule has 2 aromatic carbocycles. The summed E-state index contributed by atoms with van der Waals surface area (Å²) in [6, 6.07) is 10.3. The summed E-state index contributed by atoms with van der Waals surface area (Å²) < 4.78 is 45.4. The third kappa shape index (κ3) is 6.19. The summed E-state index contributed by atoms with van der Waals surface area (Å²) in [6.07, 6.45) is 1.14. The van der Waals surface area contributed by atoms with E-state index in [-0.39, 0.29) is 25.3 Å². The van der Waals surface area contributed by atoms with E-state index in [4.69, 9.17) is 4.74 Å². The fourth-order valence-electron chi connectivity index (χ4n) is 3.14. The van der Waals surface area contributed by atoms with Crippen molar-refractivity contribution in [2.45, 2.75) is 33.2 Å². The number of nitrogens with one attached hydrogen (secondary N) is 1. The maximum Gasteiger partial charge on any atom is 0.244 e. The molecule has 0 aliphatic heterocycles. The third-order valence-corrected chi connectivity index (χ3v) is 5.45. The molecule has 0 heterocycles. The van der Waals surface area contributed by atoms with Gasteiger partial charge in [0.15, 0.2) is 0 Å². The Kier molecular flexibility index (Phi) is 7.61. The molecular weight excluding hydrogens is 395 g/mol. The maximum atomic E-state index is 14.2. The molecule has 29 heavy (non-hydrogen) atoms. The van der Waals surface area contributed by atoms with Crippen molar-refractivity contribution in [1.29, 1.82) is 0 Å². The number of carbonyl (C=O) groups excluding carboxylic acids is 1. The van der Waals surface area contributed by atoms with Crippen LogP contribution in [0.4, 0.5) is 10.1 Å².